The Morgan fingerprint density at radius 2 is 2.18 bits per heavy atom. The standard InChI is InChI=1S/C15H14ClFN4O/c1-15(2)7-19-13(22)9-4-3-8(5-10(9)15)20-12-11(17)6-18-14(16)21-12/h3-6H,7H2,1-2H3,(H,19,22)(H,18,20,21). The van der Waals surface area contributed by atoms with Crippen molar-refractivity contribution in [2.75, 3.05) is 11.9 Å². The van der Waals surface area contributed by atoms with E-state index in [-0.39, 0.29) is 22.4 Å². The van der Waals surface area contributed by atoms with E-state index in [4.69, 9.17) is 11.6 Å². The number of benzene rings is 1. The summed E-state index contributed by atoms with van der Waals surface area (Å²) in [5.41, 5.74) is 1.96. The molecule has 1 amide bonds. The molecule has 7 heteroatoms. The molecule has 2 heterocycles. The van der Waals surface area contributed by atoms with Crippen LogP contribution in [0.15, 0.2) is 24.4 Å². The number of nitrogens with one attached hydrogen (secondary N) is 2. The van der Waals surface area contributed by atoms with Gasteiger partial charge in [0.05, 0.1) is 6.20 Å². The van der Waals surface area contributed by atoms with Gasteiger partial charge in [0, 0.05) is 23.2 Å². The molecule has 0 aliphatic carbocycles. The number of anilines is 2. The van der Waals surface area contributed by atoms with Gasteiger partial charge < -0.3 is 10.6 Å². The predicted octanol–water partition coefficient (Wildman–Crippen LogP) is 3.03. The summed E-state index contributed by atoms with van der Waals surface area (Å²) in [7, 11) is 0. The zero-order valence-corrected chi connectivity index (χ0v) is 12.8. The number of hydrogen-bond acceptors (Lipinski definition) is 4. The Labute approximate surface area is 131 Å². The molecule has 0 saturated heterocycles. The maximum Gasteiger partial charge on any atom is 0.251 e. The second-order valence-corrected chi connectivity index (χ2v) is 6.13. The van der Waals surface area contributed by atoms with Gasteiger partial charge in [0.2, 0.25) is 5.28 Å². The lowest BCUT2D eigenvalue weighted by Crippen LogP contribution is -2.43. The molecule has 1 aromatic carbocycles. The van der Waals surface area contributed by atoms with E-state index in [0.717, 1.165) is 11.8 Å². The quantitative estimate of drug-likeness (QED) is 0.835. The van der Waals surface area contributed by atoms with Gasteiger partial charge in [-0.1, -0.05) is 13.8 Å². The number of halogens is 2. The van der Waals surface area contributed by atoms with Gasteiger partial charge in [-0.2, -0.15) is 4.98 Å². The maximum atomic E-state index is 13.7. The van der Waals surface area contributed by atoms with Crippen molar-refractivity contribution in [3.63, 3.8) is 0 Å². The second-order valence-electron chi connectivity index (χ2n) is 5.79. The topological polar surface area (TPSA) is 66.9 Å². The Balaban J connectivity index is 2.00. The van der Waals surface area contributed by atoms with Crippen LogP contribution in [0.3, 0.4) is 0 Å². The van der Waals surface area contributed by atoms with Gasteiger partial charge in [0.1, 0.15) is 0 Å². The van der Waals surface area contributed by atoms with Crippen molar-refractivity contribution in [1.29, 1.82) is 0 Å². The normalized spacial score (nSPS) is 15.9. The lowest BCUT2D eigenvalue weighted by Gasteiger charge is -2.32. The number of hydrogen-bond donors (Lipinski definition) is 2. The van der Waals surface area contributed by atoms with E-state index in [0.29, 0.717) is 17.8 Å². The van der Waals surface area contributed by atoms with Crippen molar-refractivity contribution in [3.05, 3.63) is 46.6 Å². The molecule has 5 nitrogen and oxygen atoms in total. The largest absolute Gasteiger partial charge is 0.351 e. The summed E-state index contributed by atoms with van der Waals surface area (Å²) in [6, 6.07) is 5.26. The van der Waals surface area contributed by atoms with Gasteiger partial charge in [-0.05, 0) is 35.4 Å². The van der Waals surface area contributed by atoms with Crippen molar-refractivity contribution in [1.82, 2.24) is 15.3 Å². The molecule has 2 aromatic rings. The zero-order valence-electron chi connectivity index (χ0n) is 12.1. The summed E-state index contributed by atoms with van der Waals surface area (Å²) in [6.45, 7) is 4.63. The van der Waals surface area contributed by atoms with Crippen molar-refractivity contribution in [3.8, 4) is 0 Å². The van der Waals surface area contributed by atoms with Crippen LogP contribution in [-0.2, 0) is 5.41 Å². The van der Waals surface area contributed by atoms with Crippen LogP contribution in [0.4, 0.5) is 15.9 Å². The van der Waals surface area contributed by atoms with Crippen LogP contribution in [-0.4, -0.2) is 22.4 Å². The van der Waals surface area contributed by atoms with Crippen molar-refractivity contribution < 1.29 is 9.18 Å². The fourth-order valence-electron chi connectivity index (χ4n) is 2.44. The van der Waals surface area contributed by atoms with E-state index in [9.17, 15) is 9.18 Å². The lowest BCUT2D eigenvalue weighted by molar-refractivity contribution is 0.0930. The van der Waals surface area contributed by atoms with Crippen LogP contribution in [0.25, 0.3) is 0 Å². The van der Waals surface area contributed by atoms with Gasteiger partial charge in [-0.25, -0.2) is 9.37 Å². The summed E-state index contributed by atoms with van der Waals surface area (Å²) in [5, 5.41) is 5.69. The molecule has 0 saturated carbocycles. The van der Waals surface area contributed by atoms with Crippen LogP contribution in [0.2, 0.25) is 5.28 Å². The molecule has 114 valence electrons. The third kappa shape index (κ3) is 2.62. The number of fused-ring (bicyclic) bond motifs is 1. The van der Waals surface area contributed by atoms with Gasteiger partial charge in [0.25, 0.3) is 5.91 Å². The average Bonchev–Trinajstić information content (AvgIpc) is 2.47. The monoisotopic (exact) mass is 320 g/mol. The van der Waals surface area contributed by atoms with E-state index >= 15 is 0 Å². The minimum Gasteiger partial charge on any atom is -0.351 e. The Kier molecular flexibility index (Phi) is 3.48. The highest BCUT2D eigenvalue weighted by Gasteiger charge is 2.31. The molecule has 0 spiro atoms. The number of amides is 1. The van der Waals surface area contributed by atoms with Crippen molar-refractivity contribution in [2.24, 2.45) is 0 Å². The molecule has 22 heavy (non-hydrogen) atoms. The first kappa shape index (κ1) is 14.7. The Bertz CT molecular complexity index is 763. The van der Waals surface area contributed by atoms with E-state index in [1.165, 1.54) is 0 Å². The van der Waals surface area contributed by atoms with Crippen LogP contribution < -0.4 is 10.6 Å². The minimum absolute atomic E-state index is 0.00184. The van der Waals surface area contributed by atoms with Gasteiger partial charge in [0.15, 0.2) is 11.6 Å². The number of nitrogens with zero attached hydrogens (tertiary/aromatic N) is 2. The molecule has 1 aliphatic heterocycles. The van der Waals surface area contributed by atoms with Gasteiger partial charge >= 0.3 is 0 Å². The van der Waals surface area contributed by atoms with Crippen molar-refractivity contribution >= 4 is 29.0 Å². The first-order chi connectivity index (χ1) is 10.4. The van der Waals surface area contributed by atoms with Crippen LogP contribution >= 0.6 is 11.6 Å². The third-order valence-corrected chi connectivity index (χ3v) is 3.84. The Morgan fingerprint density at radius 1 is 1.41 bits per heavy atom. The van der Waals surface area contributed by atoms with E-state index < -0.39 is 5.82 Å². The number of carbonyl (C=O) groups excluding carboxylic acids is 1. The number of rotatable bonds is 2. The molecule has 2 N–H and O–H groups in total. The zero-order chi connectivity index (χ0) is 15.9. The number of aromatic nitrogens is 2. The van der Waals surface area contributed by atoms with E-state index in [1.807, 2.05) is 19.9 Å². The Morgan fingerprint density at radius 3 is 2.95 bits per heavy atom. The Hall–Kier alpha value is -2.21. The third-order valence-electron chi connectivity index (χ3n) is 3.66. The van der Waals surface area contributed by atoms with Gasteiger partial charge in [-0.15, -0.1) is 0 Å². The predicted molar refractivity (Wildman–Crippen MR) is 82.1 cm³/mol. The van der Waals surface area contributed by atoms with Crippen LogP contribution in [0.1, 0.15) is 29.8 Å². The highest BCUT2D eigenvalue weighted by molar-refractivity contribution is 6.28. The average molecular weight is 321 g/mol. The smallest absolute Gasteiger partial charge is 0.251 e. The minimum atomic E-state index is -0.598. The first-order valence-electron chi connectivity index (χ1n) is 6.74. The fourth-order valence-corrected chi connectivity index (χ4v) is 2.57. The molecule has 1 aliphatic rings. The number of carbonyl (C=O) groups is 1. The fraction of sp³-hybridized carbons (Fsp3) is 0.267. The molecular weight excluding hydrogens is 307 g/mol. The summed E-state index contributed by atoms with van der Waals surface area (Å²) < 4.78 is 13.7. The molecule has 0 unspecified atom stereocenters. The molecule has 1 aromatic heterocycles. The van der Waals surface area contributed by atoms with Crippen LogP contribution in [0, 0.1) is 5.82 Å². The highest BCUT2D eigenvalue weighted by Crippen LogP contribution is 2.32. The van der Waals surface area contributed by atoms with E-state index in [1.54, 1.807) is 12.1 Å². The lowest BCUT2D eigenvalue weighted by atomic mass is 9.79. The maximum absolute atomic E-state index is 13.7. The summed E-state index contributed by atoms with van der Waals surface area (Å²) in [4.78, 5) is 19.3. The van der Waals surface area contributed by atoms with Gasteiger partial charge in [-0.3, -0.25) is 4.79 Å². The SMILES string of the molecule is CC1(C)CNC(=O)c2ccc(Nc3nc(Cl)ncc3F)cc21. The van der Waals surface area contributed by atoms with Crippen molar-refractivity contribution in [2.45, 2.75) is 19.3 Å². The van der Waals surface area contributed by atoms with Crippen LogP contribution in [0.5, 0.6) is 0 Å². The summed E-state index contributed by atoms with van der Waals surface area (Å²) in [6.07, 6.45) is 1.01. The molecule has 0 radical (unpaired) electrons. The summed E-state index contributed by atoms with van der Waals surface area (Å²) in [5.74, 6) is -0.700. The highest BCUT2D eigenvalue weighted by atomic mass is 35.5. The summed E-state index contributed by atoms with van der Waals surface area (Å²) >= 11 is 5.68. The molecule has 3 rings (SSSR count). The molecule has 0 atom stereocenters. The first-order valence-corrected chi connectivity index (χ1v) is 7.12. The molecule has 0 bridgehead atoms. The second kappa shape index (κ2) is 5.21. The van der Waals surface area contributed by atoms with E-state index in [2.05, 4.69) is 20.6 Å². The molecule has 0 fully saturated rings. The molecular formula is C15H14ClFN4O.